The van der Waals surface area contributed by atoms with Crippen LogP contribution in [0.1, 0.15) is 50.5 Å². The van der Waals surface area contributed by atoms with Crippen molar-refractivity contribution in [3.8, 4) is 0 Å². The number of aryl methyl sites for hydroxylation is 2. The Kier molecular flexibility index (Phi) is 3.73. The van der Waals surface area contributed by atoms with Crippen molar-refractivity contribution in [2.24, 2.45) is 5.41 Å². The number of fused-ring (bicyclic) bond motifs is 1. The highest BCUT2D eigenvalue weighted by Gasteiger charge is 2.33. The summed E-state index contributed by atoms with van der Waals surface area (Å²) >= 11 is 5.93. The van der Waals surface area contributed by atoms with E-state index in [-0.39, 0.29) is 5.82 Å². The minimum absolute atomic E-state index is 0.184. The Hall–Kier alpha value is -1.09. The maximum Gasteiger partial charge on any atom is 0.128 e. The van der Waals surface area contributed by atoms with E-state index in [9.17, 15) is 4.39 Å². The monoisotopic (exact) mass is 308 g/mol. The summed E-state index contributed by atoms with van der Waals surface area (Å²) in [6.45, 7) is 6.45. The molecular weight excluding hydrogens is 287 g/mol. The van der Waals surface area contributed by atoms with Gasteiger partial charge in [0, 0.05) is 24.4 Å². The Morgan fingerprint density at radius 3 is 2.81 bits per heavy atom. The minimum Gasteiger partial charge on any atom is -0.325 e. The second kappa shape index (κ2) is 5.28. The van der Waals surface area contributed by atoms with Crippen molar-refractivity contribution in [2.75, 3.05) is 5.88 Å². The van der Waals surface area contributed by atoms with Crippen LogP contribution in [0.25, 0.3) is 11.0 Å². The number of rotatable bonds is 3. The van der Waals surface area contributed by atoms with E-state index in [1.54, 1.807) is 6.07 Å². The van der Waals surface area contributed by atoms with Crippen LogP contribution in [-0.4, -0.2) is 15.4 Å². The molecule has 1 aromatic heterocycles. The SMILES string of the molecule is Cc1cc2c(cc1F)nc(CCCl)n2C1CCC(C)(C)C1. The van der Waals surface area contributed by atoms with E-state index in [2.05, 4.69) is 23.4 Å². The summed E-state index contributed by atoms with van der Waals surface area (Å²) in [6, 6.07) is 3.94. The van der Waals surface area contributed by atoms with Gasteiger partial charge in [0.1, 0.15) is 11.6 Å². The first-order valence-electron chi connectivity index (χ1n) is 7.64. The molecule has 0 bridgehead atoms. The number of halogens is 2. The Morgan fingerprint density at radius 1 is 1.43 bits per heavy atom. The Labute approximate surface area is 130 Å². The summed E-state index contributed by atoms with van der Waals surface area (Å²) in [7, 11) is 0. The van der Waals surface area contributed by atoms with Gasteiger partial charge >= 0.3 is 0 Å². The zero-order valence-electron chi connectivity index (χ0n) is 12.9. The lowest BCUT2D eigenvalue weighted by Crippen LogP contribution is -2.12. The van der Waals surface area contributed by atoms with Crippen molar-refractivity contribution in [1.29, 1.82) is 0 Å². The molecule has 1 fully saturated rings. The van der Waals surface area contributed by atoms with Gasteiger partial charge in [-0.25, -0.2) is 9.37 Å². The lowest BCUT2D eigenvalue weighted by Gasteiger charge is -2.20. The molecule has 2 nitrogen and oxygen atoms in total. The molecule has 1 aromatic carbocycles. The highest BCUT2D eigenvalue weighted by atomic mass is 35.5. The highest BCUT2D eigenvalue weighted by molar-refractivity contribution is 6.17. The van der Waals surface area contributed by atoms with Crippen LogP contribution in [0.2, 0.25) is 0 Å². The molecule has 0 amide bonds. The summed E-state index contributed by atoms with van der Waals surface area (Å²) in [4.78, 5) is 4.64. The third-order valence-corrected chi connectivity index (χ3v) is 4.86. The molecule has 21 heavy (non-hydrogen) atoms. The van der Waals surface area contributed by atoms with E-state index in [1.807, 2.05) is 13.0 Å². The first-order valence-corrected chi connectivity index (χ1v) is 8.18. The van der Waals surface area contributed by atoms with Crippen molar-refractivity contribution in [3.05, 3.63) is 29.3 Å². The second-order valence-corrected chi connectivity index (χ2v) is 7.37. The third-order valence-electron chi connectivity index (χ3n) is 4.67. The predicted octanol–water partition coefficient (Wildman–Crippen LogP) is 5.02. The molecule has 4 heteroatoms. The topological polar surface area (TPSA) is 17.8 Å². The van der Waals surface area contributed by atoms with Crippen molar-refractivity contribution in [3.63, 3.8) is 0 Å². The summed E-state index contributed by atoms with van der Waals surface area (Å²) in [5, 5.41) is 0. The van der Waals surface area contributed by atoms with Gasteiger partial charge in [-0.3, -0.25) is 0 Å². The lowest BCUT2D eigenvalue weighted by atomic mass is 9.92. The van der Waals surface area contributed by atoms with Gasteiger partial charge in [0.25, 0.3) is 0 Å². The first-order chi connectivity index (χ1) is 9.91. The third kappa shape index (κ3) is 2.68. The molecule has 1 saturated carbocycles. The van der Waals surface area contributed by atoms with E-state index < -0.39 is 0 Å². The van der Waals surface area contributed by atoms with E-state index >= 15 is 0 Å². The van der Waals surface area contributed by atoms with Gasteiger partial charge in [0.05, 0.1) is 11.0 Å². The van der Waals surface area contributed by atoms with Gasteiger partial charge in [-0.05, 0) is 43.2 Å². The van der Waals surface area contributed by atoms with E-state index in [0.29, 0.717) is 22.9 Å². The molecule has 0 aliphatic heterocycles. The summed E-state index contributed by atoms with van der Waals surface area (Å²) in [5.74, 6) is 1.35. The van der Waals surface area contributed by atoms with Gasteiger partial charge in [-0.1, -0.05) is 13.8 Å². The fraction of sp³-hybridized carbons (Fsp3) is 0.588. The van der Waals surface area contributed by atoms with Gasteiger partial charge < -0.3 is 4.57 Å². The predicted molar refractivity (Wildman–Crippen MR) is 85.5 cm³/mol. The zero-order chi connectivity index (χ0) is 15.2. The van der Waals surface area contributed by atoms with Crippen LogP contribution >= 0.6 is 11.6 Å². The molecule has 1 aliphatic carbocycles. The molecule has 0 radical (unpaired) electrons. The zero-order valence-corrected chi connectivity index (χ0v) is 13.7. The normalized spacial score (nSPS) is 21.3. The van der Waals surface area contributed by atoms with Crippen molar-refractivity contribution in [1.82, 2.24) is 9.55 Å². The molecule has 0 spiro atoms. The smallest absolute Gasteiger partial charge is 0.128 e. The van der Waals surface area contributed by atoms with E-state index in [0.717, 1.165) is 36.1 Å². The summed E-state index contributed by atoms with van der Waals surface area (Å²) in [5.41, 5.74) is 2.85. The van der Waals surface area contributed by atoms with Crippen LogP contribution in [-0.2, 0) is 6.42 Å². The summed E-state index contributed by atoms with van der Waals surface area (Å²) in [6.07, 6.45) is 4.25. The molecule has 114 valence electrons. The Balaban J connectivity index is 2.14. The maximum absolute atomic E-state index is 13.8. The average molecular weight is 309 g/mol. The van der Waals surface area contributed by atoms with Crippen LogP contribution < -0.4 is 0 Å². The quantitative estimate of drug-likeness (QED) is 0.728. The van der Waals surface area contributed by atoms with Gasteiger partial charge in [-0.2, -0.15) is 0 Å². The van der Waals surface area contributed by atoms with Crippen molar-refractivity contribution >= 4 is 22.6 Å². The molecule has 3 rings (SSSR count). The van der Waals surface area contributed by atoms with Crippen molar-refractivity contribution in [2.45, 2.75) is 52.5 Å². The standard InChI is InChI=1S/C17H22ClFN2/c1-11-8-15-14(9-13(11)19)20-16(5-7-18)21(15)12-4-6-17(2,3)10-12/h8-9,12H,4-7,10H2,1-3H3. The van der Waals surface area contributed by atoms with E-state index in [4.69, 9.17) is 11.6 Å². The fourth-order valence-corrected chi connectivity index (χ4v) is 3.73. The number of benzene rings is 1. The first kappa shape index (κ1) is 14.8. The lowest BCUT2D eigenvalue weighted by molar-refractivity contribution is 0.358. The number of aromatic nitrogens is 2. The molecular formula is C17H22ClFN2. The van der Waals surface area contributed by atoms with Crippen LogP contribution in [0.5, 0.6) is 0 Å². The minimum atomic E-state index is -0.184. The maximum atomic E-state index is 13.8. The van der Waals surface area contributed by atoms with Gasteiger partial charge in [0.2, 0.25) is 0 Å². The molecule has 0 saturated heterocycles. The Bertz CT molecular complexity index is 675. The van der Waals surface area contributed by atoms with Crippen molar-refractivity contribution < 1.29 is 4.39 Å². The highest BCUT2D eigenvalue weighted by Crippen LogP contribution is 2.45. The van der Waals surface area contributed by atoms with Crippen LogP contribution in [0.3, 0.4) is 0 Å². The largest absolute Gasteiger partial charge is 0.325 e. The van der Waals surface area contributed by atoms with Gasteiger partial charge in [-0.15, -0.1) is 11.6 Å². The molecule has 0 N–H and O–H groups in total. The van der Waals surface area contributed by atoms with Crippen LogP contribution in [0.15, 0.2) is 12.1 Å². The van der Waals surface area contributed by atoms with Crippen LogP contribution in [0, 0.1) is 18.2 Å². The molecule has 1 aliphatic rings. The molecule has 1 unspecified atom stereocenters. The Morgan fingerprint density at radius 2 is 2.19 bits per heavy atom. The van der Waals surface area contributed by atoms with Crippen LogP contribution in [0.4, 0.5) is 4.39 Å². The number of nitrogens with zero attached hydrogens (tertiary/aromatic N) is 2. The van der Waals surface area contributed by atoms with E-state index in [1.165, 1.54) is 6.42 Å². The molecule has 1 atom stereocenters. The number of hydrogen-bond donors (Lipinski definition) is 0. The number of hydrogen-bond acceptors (Lipinski definition) is 1. The second-order valence-electron chi connectivity index (χ2n) is 6.99. The van der Waals surface area contributed by atoms with Gasteiger partial charge in [0.15, 0.2) is 0 Å². The fourth-order valence-electron chi connectivity index (χ4n) is 3.56. The molecule has 1 heterocycles. The molecule has 2 aromatic rings. The number of imidazole rings is 1. The summed E-state index contributed by atoms with van der Waals surface area (Å²) < 4.78 is 16.1. The number of alkyl halides is 1. The average Bonchev–Trinajstić information content (AvgIpc) is 2.91.